The van der Waals surface area contributed by atoms with Gasteiger partial charge in [0.15, 0.2) is 0 Å². The number of carbonyl (C=O) groups is 4. The van der Waals surface area contributed by atoms with Gasteiger partial charge in [0.1, 0.15) is 11.6 Å². The smallest absolute Gasteiger partial charge is 0.280 e. The number of aryl methyl sites for hydroxylation is 2. The highest BCUT2D eigenvalue weighted by Crippen LogP contribution is 2.38. The predicted molar refractivity (Wildman–Crippen MR) is 222 cm³/mol. The number of hydrogen-bond donors (Lipinski definition) is 2. The molecule has 314 valence electrons. The second-order valence-electron chi connectivity index (χ2n) is 16.4. The predicted octanol–water partition coefficient (Wildman–Crippen LogP) is 5.74. The number of nitrogens with zero attached hydrogens (tertiary/aromatic N) is 7. The Hall–Kier alpha value is -6.03. The summed E-state index contributed by atoms with van der Waals surface area (Å²) in [5.74, 6) is -3.13. The monoisotopic (exact) mass is 821 g/mol. The van der Waals surface area contributed by atoms with E-state index in [1.54, 1.807) is 35.0 Å². The molecule has 2 bridgehead atoms. The molecule has 2 atom stereocenters. The number of imide groups is 1. The maximum absolute atomic E-state index is 15.1. The third kappa shape index (κ3) is 8.37. The van der Waals surface area contributed by atoms with E-state index in [-0.39, 0.29) is 36.1 Å². The SMILES string of the molecule is Cc1cc2cc(n1)-c1cnn(C)c1OCCC[C@@H](C)CN1/C(=N/C2=O)Nc2ccc(N(C)C(=O)C3CCN(CCc4cc(F)c([C@H]5CCC(=O)NC5=O)c(F)c4)CC3)cc21. The zero-order valence-corrected chi connectivity index (χ0v) is 34.3. The van der Waals surface area contributed by atoms with Crippen LogP contribution in [0.25, 0.3) is 11.3 Å². The molecule has 2 aromatic heterocycles. The van der Waals surface area contributed by atoms with Crippen LogP contribution in [0.3, 0.4) is 0 Å². The van der Waals surface area contributed by atoms with Gasteiger partial charge in [-0.2, -0.15) is 10.1 Å². The molecule has 2 aromatic carbocycles. The molecule has 6 heterocycles. The molecular formula is C44H49F2N9O5. The Kier molecular flexibility index (Phi) is 11.5. The average Bonchev–Trinajstić information content (AvgIpc) is 3.76. The quantitative estimate of drug-likeness (QED) is 0.230. The molecular weight excluding hydrogens is 773 g/mol. The third-order valence-electron chi connectivity index (χ3n) is 12.0. The van der Waals surface area contributed by atoms with Crippen molar-refractivity contribution < 1.29 is 32.7 Å². The highest BCUT2D eigenvalue weighted by atomic mass is 19.1. The molecule has 2 N–H and O–H groups in total. The number of guanidine groups is 1. The van der Waals surface area contributed by atoms with Crippen molar-refractivity contribution in [1.82, 2.24) is 25.0 Å². The first-order valence-electron chi connectivity index (χ1n) is 20.6. The van der Waals surface area contributed by atoms with Crippen molar-refractivity contribution in [2.45, 2.75) is 64.7 Å². The van der Waals surface area contributed by atoms with Crippen LogP contribution in [-0.4, -0.2) is 89.1 Å². The van der Waals surface area contributed by atoms with Crippen molar-refractivity contribution in [3.05, 3.63) is 82.7 Å². The van der Waals surface area contributed by atoms with E-state index in [2.05, 4.69) is 37.5 Å². The minimum absolute atomic E-state index is 0.00306. The first kappa shape index (κ1) is 40.7. The number of halogens is 2. The zero-order valence-electron chi connectivity index (χ0n) is 34.3. The number of aromatic nitrogens is 3. The number of hydrogen-bond acceptors (Lipinski definition) is 10. The number of fused-ring (bicyclic) bond motifs is 7. The van der Waals surface area contributed by atoms with Crippen molar-refractivity contribution in [1.29, 1.82) is 0 Å². The molecule has 4 aliphatic heterocycles. The Labute approximate surface area is 347 Å². The minimum atomic E-state index is -1.03. The number of rotatable bonds is 6. The van der Waals surface area contributed by atoms with Crippen LogP contribution in [0.15, 0.2) is 53.7 Å². The Morgan fingerprint density at radius 1 is 1.00 bits per heavy atom. The number of pyridine rings is 1. The molecule has 0 radical (unpaired) electrons. The van der Waals surface area contributed by atoms with Crippen LogP contribution in [-0.2, 0) is 27.9 Å². The van der Waals surface area contributed by atoms with Crippen LogP contribution in [0.2, 0.25) is 0 Å². The number of benzene rings is 2. The molecule has 4 aliphatic rings. The summed E-state index contributed by atoms with van der Waals surface area (Å²) in [6, 6.07) is 11.8. The normalized spacial score (nSPS) is 21.0. The number of amides is 4. The number of aliphatic imine (C=N–C) groups is 1. The van der Waals surface area contributed by atoms with Crippen LogP contribution in [0.1, 0.15) is 78.5 Å². The second kappa shape index (κ2) is 16.9. The molecule has 4 aromatic rings. The molecule has 2 saturated heterocycles. The fraction of sp³-hybridized carbons (Fsp3) is 0.432. The molecule has 4 amide bonds. The van der Waals surface area contributed by atoms with E-state index >= 15 is 8.78 Å². The van der Waals surface area contributed by atoms with Gasteiger partial charge in [0, 0.05) is 62.0 Å². The maximum Gasteiger partial charge on any atom is 0.280 e. The number of ether oxygens (including phenoxy) is 1. The first-order chi connectivity index (χ1) is 28.8. The topological polar surface area (TPSA) is 154 Å². The summed E-state index contributed by atoms with van der Waals surface area (Å²) in [5.41, 5.74) is 4.85. The largest absolute Gasteiger partial charge is 0.477 e. The molecule has 0 saturated carbocycles. The lowest BCUT2D eigenvalue weighted by atomic mass is 9.88. The van der Waals surface area contributed by atoms with Gasteiger partial charge in [0.2, 0.25) is 29.6 Å². The van der Waals surface area contributed by atoms with E-state index in [1.165, 1.54) is 12.1 Å². The van der Waals surface area contributed by atoms with E-state index in [1.807, 2.05) is 37.1 Å². The van der Waals surface area contributed by atoms with E-state index < -0.39 is 35.3 Å². The lowest BCUT2D eigenvalue weighted by molar-refractivity contribution is -0.134. The molecule has 14 nitrogen and oxygen atoms in total. The highest BCUT2D eigenvalue weighted by Gasteiger charge is 2.34. The summed E-state index contributed by atoms with van der Waals surface area (Å²) in [4.78, 5) is 66.7. The lowest BCUT2D eigenvalue weighted by Crippen LogP contribution is -2.42. The summed E-state index contributed by atoms with van der Waals surface area (Å²) >= 11 is 0. The summed E-state index contributed by atoms with van der Waals surface area (Å²) < 4.78 is 38.1. The van der Waals surface area contributed by atoms with Gasteiger partial charge in [0.05, 0.1) is 41.4 Å². The fourth-order valence-electron chi connectivity index (χ4n) is 8.68. The second-order valence-corrected chi connectivity index (χ2v) is 16.4. The summed E-state index contributed by atoms with van der Waals surface area (Å²) in [6.07, 6.45) is 5.13. The first-order valence-corrected chi connectivity index (χ1v) is 20.6. The third-order valence-corrected chi connectivity index (χ3v) is 12.0. The van der Waals surface area contributed by atoms with Gasteiger partial charge in [0.25, 0.3) is 5.91 Å². The van der Waals surface area contributed by atoms with Crippen LogP contribution < -0.4 is 25.2 Å². The van der Waals surface area contributed by atoms with Crippen LogP contribution in [0.4, 0.5) is 25.8 Å². The van der Waals surface area contributed by atoms with Gasteiger partial charge in [-0.05, 0) is 112 Å². The number of nitrogens with one attached hydrogen (secondary N) is 2. The highest BCUT2D eigenvalue weighted by molar-refractivity contribution is 6.19. The van der Waals surface area contributed by atoms with E-state index in [0.717, 1.165) is 29.9 Å². The number of piperidine rings is 2. The molecule has 0 spiro atoms. The maximum atomic E-state index is 15.1. The van der Waals surface area contributed by atoms with Gasteiger partial charge in [-0.15, -0.1) is 0 Å². The van der Waals surface area contributed by atoms with E-state index in [0.29, 0.717) is 92.0 Å². The standard InChI is InChI=1S/C44H49F2N9O5/c1-25-6-5-17-60-43-32(23-47-53(43)4)36-21-29(18-26(2)48-36)40(57)51-44-49-35-9-7-30(22-37(35)55(44)24-25)52(3)42(59)28-12-15-54(16-13-28)14-11-27-19-33(45)39(34(46)20-27)31-8-10-38(56)50-41(31)58/h7,9,18-23,25,28,31H,5-6,8,10-17,24H2,1-4H3,(H,49,51,57)(H,50,56,58)/t25-,31-/m1/s1. The number of likely N-dealkylation sites (tertiary alicyclic amines) is 1. The lowest BCUT2D eigenvalue weighted by Gasteiger charge is -2.33. The van der Waals surface area contributed by atoms with Crippen molar-refractivity contribution >= 4 is 46.7 Å². The van der Waals surface area contributed by atoms with Crippen molar-refractivity contribution in [2.75, 3.05) is 55.0 Å². The van der Waals surface area contributed by atoms with Gasteiger partial charge < -0.3 is 24.8 Å². The van der Waals surface area contributed by atoms with Crippen molar-refractivity contribution in [3.8, 4) is 17.1 Å². The average molecular weight is 822 g/mol. The molecule has 8 rings (SSSR count). The molecule has 2 fully saturated rings. The molecule has 0 unspecified atom stereocenters. The summed E-state index contributed by atoms with van der Waals surface area (Å²) in [6.45, 7) is 6.93. The minimum Gasteiger partial charge on any atom is -0.477 e. The van der Waals surface area contributed by atoms with Gasteiger partial charge in [-0.25, -0.2) is 13.5 Å². The Balaban J connectivity index is 0.929. The van der Waals surface area contributed by atoms with Gasteiger partial charge >= 0.3 is 0 Å². The Morgan fingerprint density at radius 3 is 2.52 bits per heavy atom. The van der Waals surface area contributed by atoms with Crippen LogP contribution in [0.5, 0.6) is 5.88 Å². The Morgan fingerprint density at radius 2 is 1.77 bits per heavy atom. The van der Waals surface area contributed by atoms with Crippen molar-refractivity contribution in [2.24, 2.45) is 23.9 Å². The summed E-state index contributed by atoms with van der Waals surface area (Å²) in [7, 11) is 3.60. The molecule has 60 heavy (non-hydrogen) atoms. The Bertz CT molecular complexity index is 2370. The van der Waals surface area contributed by atoms with E-state index in [4.69, 9.17) is 4.74 Å². The van der Waals surface area contributed by atoms with Gasteiger partial charge in [-0.1, -0.05) is 6.92 Å². The van der Waals surface area contributed by atoms with E-state index in [9.17, 15) is 19.2 Å². The molecule has 0 aliphatic carbocycles. The fourth-order valence-corrected chi connectivity index (χ4v) is 8.68. The zero-order chi connectivity index (χ0) is 42.2. The van der Waals surface area contributed by atoms with Crippen LogP contribution in [0, 0.1) is 30.4 Å². The van der Waals surface area contributed by atoms with Crippen LogP contribution >= 0.6 is 0 Å². The number of anilines is 3. The molecule has 16 heteroatoms. The summed E-state index contributed by atoms with van der Waals surface area (Å²) in [5, 5.41) is 9.91. The number of carbonyl (C=O) groups excluding carboxylic acids is 4. The van der Waals surface area contributed by atoms with Crippen molar-refractivity contribution in [3.63, 3.8) is 0 Å². The van der Waals surface area contributed by atoms with Gasteiger partial charge in [-0.3, -0.25) is 29.5 Å².